The van der Waals surface area contributed by atoms with E-state index >= 15 is 0 Å². The van der Waals surface area contributed by atoms with Gasteiger partial charge in [-0.05, 0) is 49.0 Å². The van der Waals surface area contributed by atoms with Crippen LogP contribution in [0.2, 0.25) is 5.04 Å². The molecule has 44 heavy (non-hydrogen) atoms. The molecule has 1 heterocycles. The third-order valence-corrected chi connectivity index (χ3v) is 13.3. The van der Waals surface area contributed by atoms with Gasteiger partial charge in [-0.15, -0.1) is 0 Å². The molecule has 0 N–H and O–H groups in total. The fraction of sp³-hybridized carbons (Fsp3) is 0.514. The van der Waals surface area contributed by atoms with Gasteiger partial charge in [-0.1, -0.05) is 93.6 Å². The molecule has 1 fully saturated rings. The standard InChI is InChI=1S/C35H49NO7Si/c1-25(29-24-36(33(39)43-34(2,3)4)31(32(38)41-9)28(29)23-30(37)40-8)17-16-22-42-44(35(5,6)7,26-18-12-10-13-19-26)27-20-14-11-15-21-27/h10-15,18-21,28-29,31H,1,16-17,22-24H2,2-9H3/t28-,29+,31-/m0/s1. The summed E-state index contributed by atoms with van der Waals surface area (Å²) in [7, 11) is -0.114. The molecule has 0 radical (unpaired) electrons. The van der Waals surface area contributed by atoms with Crippen LogP contribution in [0.15, 0.2) is 72.8 Å². The van der Waals surface area contributed by atoms with Crippen molar-refractivity contribution in [2.45, 2.75) is 77.5 Å². The molecule has 8 nitrogen and oxygen atoms in total. The van der Waals surface area contributed by atoms with Gasteiger partial charge in [-0.2, -0.15) is 0 Å². The molecule has 0 aliphatic carbocycles. The third kappa shape index (κ3) is 7.98. The largest absolute Gasteiger partial charge is 0.469 e. The number of hydrogen-bond donors (Lipinski definition) is 0. The minimum Gasteiger partial charge on any atom is -0.469 e. The minimum atomic E-state index is -2.69. The Balaban J connectivity index is 1.85. The summed E-state index contributed by atoms with van der Waals surface area (Å²) in [4.78, 5) is 40.1. The molecule has 0 saturated carbocycles. The van der Waals surface area contributed by atoms with E-state index in [9.17, 15) is 14.4 Å². The number of likely N-dealkylation sites (tertiary alicyclic amines) is 1. The highest BCUT2D eigenvalue weighted by Gasteiger charge is 2.52. The van der Waals surface area contributed by atoms with E-state index in [0.29, 0.717) is 19.4 Å². The summed E-state index contributed by atoms with van der Waals surface area (Å²) >= 11 is 0. The summed E-state index contributed by atoms with van der Waals surface area (Å²) in [5, 5.41) is 2.27. The smallest absolute Gasteiger partial charge is 0.411 e. The van der Waals surface area contributed by atoms with E-state index in [1.165, 1.54) is 29.5 Å². The van der Waals surface area contributed by atoms with E-state index in [0.717, 1.165) is 5.57 Å². The minimum absolute atomic E-state index is 0.0577. The first-order valence-corrected chi connectivity index (χ1v) is 17.1. The van der Waals surface area contributed by atoms with Crippen molar-refractivity contribution in [3.8, 4) is 0 Å². The average Bonchev–Trinajstić information content (AvgIpc) is 3.35. The maximum atomic E-state index is 13.2. The summed E-state index contributed by atoms with van der Waals surface area (Å²) < 4.78 is 22.7. The second kappa shape index (κ2) is 14.6. The molecule has 3 rings (SSSR count). The van der Waals surface area contributed by atoms with Gasteiger partial charge in [0.2, 0.25) is 0 Å². The Morgan fingerprint density at radius 2 is 1.43 bits per heavy atom. The Kier molecular flexibility index (Phi) is 11.6. The molecule has 0 bridgehead atoms. The van der Waals surface area contributed by atoms with Crippen LogP contribution in [0, 0.1) is 11.8 Å². The van der Waals surface area contributed by atoms with Gasteiger partial charge in [0.25, 0.3) is 8.32 Å². The highest BCUT2D eigenvalue weighted by molar-refractivity contribution is 6.99. The zero-order valence-corrected chi connectivity index (χ0v) is 28.6. The number of rotatable bonds is 11. The summed E-state index contributed by atoms with van der Waals surface area (Å²) in [6, 6.07) is 20.0. The molecule has 1 aliphatic rings. The SMILES string of the molecule is C=C(CCCO[Si](c1ccccc1)(c1ccccc1)C(C)(C)C)[C@H]1CN(C(=O)OC(C)(C)C)[C@H](C(=O)OC)[C@H]1CC(=O)OC. The zero-order valence-electron chi connectivity index (χ0n) is 27.6. The Morgan fingerprint density at radius 1 is 0.886 bits per heavy atom. The van der Waals surface area contributed by atoms with Crippen LogP contribution in [0.5, 0.6) is 0 Å². The van der Waals surface area contributed by atoms with E-state index in [1.807, 2.05) is 12.1 Å². The number of hydrogen-bond acceptors (Lipinski definition) is 7. The van der Waals surface area contributed by atoms with Crippen LogP contribution >= 0.6 is 0 Å². The number of ether oxygens (including phenoxy) is 3. The number of amides is 1. The maximum Gasteiger partial charge on any atom is 0.411 e. The molecule has 3 atom stereocenters. The third-order valence-electron chi connectivity index (χ3n) is 8.25. The number of benzene rings is 2. The lowest BCUT2D eigenvalue weighted by molar-refractivity contribution is -0.148. The van der Waals surface area contributed by atoms with Gasteiger partial charge in [-0.3, -0.25) is 9.69 Å². The van der Waals surface area contributed by atoms with Crippen molar-refractivity contribution in [3.63, 3.8) is 0 Å². The summed E-state index contributed by atoms with van der Waals surface area (Å²) in [5.74, 6) is -1.97. The van der Waals surface area contributed by atoms with Gasteiger partial charge in [0.05, 0.1) is 20.6 Å². The maximum absolute atomic E-state index is 13.2. The summed E-state index contributed by atoms with van der Waals surface area (Å²) in [6.07, 6.45) is 0.585. The predicted molar refractivity (Wildman–Crippen MR) is 174 cm³/mol. The van der Waals surface area contributed by atoms with Crippen LogP contribution < -0.4 is 10.4 Å². The molecule has 1 saturated heterocycles. The van der Waals surface area contributed by atoms with E-state index in [2.05, 4.69) is 75.9 Å². The monoisotopic (exact) mass is 623 g/mol. The zero-order chi connectivity index (χ0) is 32.7. The van der Waals surface area contributed by atoms with Crippen LogP contribution in [0.1, 0.15) is 60.8 Å². The molecule has 1 aliphatic heterocycles. The van der Waals surface area contributed by atoms with E-state index in [4.69, 9.17) is 18.6 Å². The van der Waals surface area contributed by atoms with Crippen LogP contribution in [-0.2, 0) is 28.2 Å². The summed E-state index contributed by atoms with van der Waals surface area (Å²) in [5.41, 5.74) is 0.0770. The quantitative estimate of drug-likeness (QED) is 0.108. The number of methoxy groups -OCH3 is 2. The lowest BCUT2D eigenvalue weighted by Crippen LogP contribution is -2.66. The van der Waals surface area contributed by atoms with Gasteiger partial charge >= 0.3 is 18.0 Å². The second-order valence-electron chi connectivity index (χ2n) is 13.4. The first-order valence-electron chi connectivity index (χ1n) is 15.2. The highest BCUT2D eigenvalue weighted by Crippen LogP contribution is 2.40. The van der Waals surface area contributed by atoms with E-state index in [-0.39, 0.29) is 23.9 Å². The van der Waals surface area contributed by atoms with E-state index in [1.54, 1.807) is 20.8 Å². The highest BCUT2D eigenvalue weighted by atomic mass is 28.4. The van der Waals surface area contributed by atoms with Gasteiger partial charge in [0.15, 0.2) is 0 Å². The Labute approximate surface area is 263 Å². The molecule has 0 unspecified atom stereocenters. The first kappa shape index (κ1) is 35.1. The van der Waals surface area contributed by atoms with Crippen molar-refractivity contribution in [1.82, 2.24) is 4.90 Å². The molecule has 0 aromatic heterocycles. The predicted octanol–water partition coefficient (Wildman–Crippen LogP) is 5.49. The van der Waals surface area contributed by atoms with Gasteiger partial charge in [0, 0.05) is 25.0 Å². The lowest BCUT2D eigenvalue weighted by atomic mass is 9.82. The topological polar surface area (TPSA) is 91.4 Å². The Bertz CT molecular complexity index is 1240. The van der Waals surface area contributed by atoms with Crippen molar-refractivity contribution >= 4 is 36.7 Å². The molecule has 240 valence electrons. The number of esters is 2. The molecule has 1 amide bonds. The molecule has 9 heteroatoms. The van der Waals surface area contributed by atoms with Crippen molar-refractivity contribution in [2.75, 3.05) is 27.4 Å². The number of carbonyl (C=O) groups excluding carboxylic acids is 3. The fourth-order valence-electron chi connectivity index (χ4n) is 6.28. The molecule has 2 aromatic rings. The number of nitrogens with zero attached hydrogens (tertiary/aromatic N) is 1. The van der Waals surface area contributed by atoms with Crippen LogP contribution in [0.25, 0.3) is 0 Å². The normalized spacial score (nSPS) is 18.9. The van der Waals surface area contributed by atoms with Crippen molar-refractivity contribution in [3.05, 3.63) is 72.8 Å². The Morgan fingerprint density at radius 3 is 1.89 bits per heavy atom. The van der Waals surface area contributed by atoms with Crippen LogP contribution in [0.4, 0.5) is 4.79 Å². The first-order chi connectivity index (χ1) is 20.7. The molecular formula is C35H49NO7Si. The molecular weight excluding hydrogens is 574 g/mol. The van der Waals surface area contributed by atoms with Gasteiger partial charge in [0.1, 0.15) is 11.6 Å². The van der Waals surface area contributed by atoms with Gasteiger partial charge < -0.3 is 18.6 Å². The van der Waals surface area contributed by atoms with Crippen molar-refractivity contribution in [1.29, 1.82) is 0 Å². The van der Waals surface area contributed by atoms with Gasteiger partial charge in [-0.25, -0.2) is 9.59 Å². The van der Waals surface area contributed by atoms with Crippen LogP contribution in [0.3, 0.4) is 0 Å². The second-order valence-corrected chi connectivity index (χ2v) is 17.7. The van der Waals surface area contributed by atoms with E-state index < -0.39 is 43.9 Å². The average molecular weight is 624 g/mol. The molecule has 0 spiro atoms. The Hall–Kier alpha value is -3.43. The lowest BCUT2D eigenvalue weighted by Gasteiger charge is -2.43. The number of carbonyl (C=O) groups is 3. The summed E-state index contributed by atoms with van der Waals surface area (Å²) in [6.45, 7) is 17.1. The van der Waals surface area contributed by atoms with Crippen LogP contribution in [-0.4, -0.2) is 70.3 Å². The fourth-order valence-corrected chi connectivity index (χ4v) is 10.9. The van der Waals surface area contributed by atoms with Crippen molar-refractivity contribution < 1.29 is 33.0 Å². The molecule has 2 aromatic carbocycles. The van der Waals surface area contributed by atoms with Crippen molar-refractivity contribution in [2.24, 2.45) is 11.8 Å².